The van der Waals surface area contributed by atoms with Crippen molar-refractivity contribution in [2.24, 2.45) is 0 Å². The summed E-state index contributed by atoms with van der Waals surface area (Å²) in [6, 6.07) is 48.2. The molecule has 0 fully saturated rings. The zero-order valence-electron chi connectivity index (χ0n) is 31.4. The molecule has 0 heterocycles. The highest BCUT2D eigenvalue weighted by molar-refractivity contribution is 6.30. The van der Waals surface area contributed by atoms with Gasteiger partial charge in [0.25, 0.3) is 0 Å². The van der Waals surface area contributed by atoms with Gasteiger partial charge in [0.15, 0.2) is 0 Å². The second kappa shape index (κ2) is 12.0. The molecule has 0 saturated heterocycles. The van der Waals surface area contributed by atoms with Crippen LogP contribution in [-0.4, -0.2) is 0 Å². The molecule has 0 N–H and O–H groups in total. The number of hydrogen-bond donors (Lipinski definition) is 0. The third-order valence-electron chi connectivity index (χ3n) is 11.5. The maximum absolute atomic E-state index is 2.57. The summed E-state index contributed by atoms with van der Waals surface area (Å²) in [4.78, 5) is 5.00. The molecule has 0 spiro atoms. The van der Waals surface area contributed by atoms with Gasteiger partial charge in [-0.25, -0.2) is 0 Å². The molecule has 8 aromatic carbocycles. The molecule has 0 aromatic heterocycles. The van der Waals surface area contributed by atoms with Gasteiger partial charge in [-0.05, 0) is 175 Å². The maximum atomic E-state index is 2.57. The fraction of sp³-hybridized carbons (Fsp3) is 0.200. The minimum atomic E-state index is 0.0354. The topological polar surface area (TPSA) is 6.48 Å². The Labute approximate surface area is 308 Å². The normalized spacial score (nSPS) is 13.7. The molecule has 0 amide bonds. The number of hydrogen-bond acceptors (Lipinski definition) is 2. The van der Waals surface area contributed by atoms with Gasteiger partial charge < -0.3 is 9.80 Å². The molecule has 0 bridgehead atoms. The highest BCUT2D eigenvalue weighted by Gasteiger charge is 2.33. The zero-order chi connectivity index (χ0) is 35.9. The van der Waals surface area contributed by atoms with E-state index in [0.717, 1.165) is 12.8 Å². The van der Waals surface area contributed by atoms with Crippen LogP contribution in [0.3, 0.4) is 0 Å². The van der Waals surface area contributed by atoms with Crippen molar-refractivity contribution >= 4 is 66.4 Å². The van der Waals surface area contributed by atoms with Crippen LogP contribution in [0.25, 0.3) is 32.3 Å². The molecule has 1 aliphatic carbocycles. The van der Waals surface area contributed by atoms with Crippen LogP contribution < -0.4 is 9.80 Å². The lowest BCUT2D eigenvalue weighted by Gasteiger charge is -2.37. The van der Waals surface area contributed by atoms with Crippen LogP contribution in [0, 0.1) is 34.6 Å². The second-order valence-corrected chi connectivity index (χ2v) is 15.9. The third-order valence-corrected chi connectivity index (χ3v) is 11.5. The van der Waals surface area contributed by atoms with Crippen LogP contribution in [0.5, 0.6) is 0 Å². The first kappa shape index (κ1) is 32.3. The number of benzene rings is 8. The van der Waals surface area contributed by atoms with Gasteiger partial charge in [0.2, 0.25) is 0 Å². The Bertz CT molecular complexity index is 2590. The summed E-state index contributed by atoms with van der Waals surface area (Å²) >= 11 is 0. The molecule has 52 heavy (non-hydrogen) atoms. The summed E-state index contributed by atoms with van der Waals surface area (Å²) in [7, 11) is 0. The predicted octanol–water partition coefficient (Wildman–Crippen LogP) is 14.3. The highest BCUT2D eigenvalue weighted by atomic mass is 15.1. The van der Waals surface area contributed by atoms with E-state index in [-0.39, 0.29) is 5.41 Å². The van der Waals surface area contributed by atoms with Gasteiger partial charge in [0.1, 0.15) is 0 Å². The van der Waals surface area contributed by atoms with Crippen molar-refractivity contribution < 1.29 is 0 Å². The van der Waals surface area contributed by atoms with Crippen molar-refractivity contribution in [2.45, 2.75) is 66.7 Å². The average molecular weight is 675 g/mol. The summed E-state index contributed by atoms with van der Waals surface area (Å²) < 4.78 is 0. The maximum Gasteiger partial charge on any atom is 0.0543 e. The molecular weight excluding hydrogens is 629 g/mol. The molecule has 1 aliphatic rings. The fourth-order valence-electron chi connectivity index (χ4n) is 8.92. The van der Waals surface area contributed by atoms with Crippen molar-refractivity contribution in [1.82, 2.24) is 0 Å². The fourth-order valence-corrected chi connectivity index (χ4v) is 8.92. The van der Waals surface area contributed by atoms with E-state index in [4.69, 9.17) is 0 Å². The average Bonchev–Trinajstić information content (AvgIpc) is 3.11. The van der Waals surface area contributed by atoms with E-state index in [2.05, 4.69) is 186 Å². The second-order valence-electron chi connectivity index (χ2n) is 15.9. The summed E-state index contributed by atoms with van der Waals surface area (Å²) in [5.41, 5.74) is 16.5. The Morgan fingerprint density at radius 2 is 0.904 bits per heavy atom. The van der Waals surface area contributed by atoms with E-state index in [1.807, 2.05) is 0 Å². The summed E-state index contributed by atoms with van der Waals surface area (Å²) in [5, 5.41) is 8.16. The molecule has 0 radical (unpaired) electrons. The van der Waals surface area contributed by atoms with E-state index in [1.165, 1.54) is 105 Å². The minimum Gasteiger partial charge on any atom is -0.310 e. The van der Waals surface area contributed by atoms with Crippen LogP contribution in [0.4, 0.5) is 34.1 Å². The van der Waals surface area contributed by atoms with Gasteiger partial charge in [-0.15, -0.1) is 0 Å². The molecule has 0 atom stereocenters. The van der Waals surface area contributed by atoms with Crippen molar-refractivity contribution in [3.8, 4) is 0 Å². The first-order valence-electron chi connectivity index (χ1n) is 18.7. The van der Waals surface area contributed by atoms with Crippen LogP contribution in [0.2, 0.25) is 0 Å². The predicted molar refractivity (Wildman–Crippen MR) is 225 cm³/mol. The quantitative estimate of drug-likeness (QED) is 0.162. The van der Waals surface area contributed by atoms with E-state index in [0.29, 0.717) is 0 Å². The van der Waals surface area contributed by atoms with E-state index >= 15 is 0 Å². The molecular formula is C50H46N2. The van der Waals surface area contributed by atoms with Gasteiger partial charge in [-0.2, -0.15) is 0 Å². The molecule has 2 nitrogen and oxygen atoms in total. The van der Waals surface area contributed by atoms with Gasteiger partial charge in [0, 0.05) is 38.9 Å². The largest absolute Gasteiger partial charge is 0.310 e. The molecule has 2 heteroatoms. The summed E-state index contributed by atoms with van der Waals surface area (Å²) in [5.74, 6) is 0. The summed E-state index contributed by atoms with van der Waals surface area (Å²) in [6.07, 6.45) is 2.17. The Morgan fingerprint density at radius 1 is 0.442 bits per heavy atom. The van der Waals surface area contributed by atoms with Crippen LogP contribution in [0.1, 0.15) is 59.2 Å². The molecule has 256 valence electrons. The Hall–Kier alpha value is -5.60. The standard InChI is InChI=1S/C50H46N2/c1-31-12-8-16-37(24-31)51(38-17-9-13-32(2)25-38)45-28-35(5)41-20-21-42-46(52(39-18-10-14-33(3)26-39)40-19-11-15-34(4)27-40)29-36-22-23-50(6,7)44-30-43(45)48(41)49(42)47(36)44/h8-21,24-30H,22-23H2,1-7H3. The highest BCUT2D eigenvalue weighted by Crippen LogP contribution is 2.53. The van der Waals surface area contributed by atoms with Crippen molar-refractivity contribution in [3.05, 3.63) is 166 Å². The first-order valence-corrected chi connectivity index (χ1v) is 18.7. The van der Waals surface area contributed by atoms with E-state index < -0.39 is 0 Å². The molecule has 0 unspecified atom stereocenters. The lowest BCUT2D eigenvalue weighted by atomic mass is 9.70. The Kier molecular flexibility index (Phi) is 7.45. The molecule has 8 aromatic rings. The molecule has 9 rings (SSSR count). The van der Waals surface area contributed by atoms with Crippen molar-refractivity contribution in [1.29, 1.82) is 0 Å². The molecule has 0 aliphatic heterocycles. The van der Waals surface area contributed by atoms with Crippen LogP contribution in [0.15, 0.2) is 127 Å². The monoisotopic (exact) mass is 674 g/mol. The van der Waals surface area contributed by atoms with E-state index in [1.54, 1.807) is 0 Å². The Balaban J connectivity index is 1.44. The van der Waals surface area contributed by atoms with E-state index in [9.17, 15) is 0 Å². The number of anilines is 6. The van der Waals surface area contributed by atoms with Crippen LogP contribution in [-0.2, 0) is 11.8 Å². The SMILES string of the molecule is Cc1cccc(N(c2cccc(C)c2)c2cc(C)c3ccc4c(N(c5cccc(C)c5)c5cccc(C)c5)cc5c6c(cc2c3c46)C(C)(C)CC5)c1. The van der Waals surface area contributed by atoms with Gasteiger partial charge >= 0.3 is 0 Å². The summed E-state index contributed by atoms with van der Waals surface area (Å²) in [6.45, 7) is 16.0. The lowest BCUT2D eigenvalue weighted by molar-refractivity contribution is 0.475. The van der Waals surface area contributed by atoms with Crippen molar-refractivity contribution in [3.63, 3.8) is 0 Å². The third kappa shape index (κ3) is 5.15. The minimum absolute atomic E-state index is 0.0354. The van der Waals surface area contributed by atoms with Gasteiger partial charge in [0.05, 0.1) is 11.4 Å². The Morgan fingerprint density at radius 3 is 1.38 bits per heavy atom. The zero-order valence-corrected chi connectivity index (χ0v) is 31.4. The molecule has 0 saturated carbocycles. The van der Waals surface area contributed by atoms with Gasteiger partial charge in [-0.1, -0.05) is 74.5 Å². The number of aryl methyl sites for hydroxylation is 6. The number of rotatable bonds is 6. The van der Waals surface area contributed by atoms with Gasteiger partial charge in [-0.3, -0.25) is 0 Å². The first-order chi connectivity index (χ1) is 25.1. The smallest absolute Gasteiger partial charge is 0.0543 e. The van der Waals surface area contributed by atoms with Crippen LogP contribution >= 0.6 is 0 Å². The van der Waals surface area contributed by atoms with Crippen molar-refractivity contribution in [2.75, 3.05) is 9.80 Å². The lowest BCUT2D eigenvalue weighted by Crippen LogP contribution is -2.24. The number of nitrogens with zero attached hydrogens (tertiary/aromatic N) is 2.